The zero-order valence-electron chi connectivity index (χ0n) is 12.8. The fraction of sp³-hybridized carbons (Fsp3) is 0.643. The zero-order chi connectivity index (χ0) is 16.9. The predicted molar refractivity (Wildman–Crippen MR) is 76.9 cm³/mol. The number of halogens is 3. The van der Waals surface area contributed by atoms with Crippen molar-refractivity contribution in [3.63, 3.8) is 0 Å². The van der Waals surface area contributed by atoms with Gasteiger partial charge < -0.3 is 9.64 Å². The van der Waals surface area contributed by atoms with Gasteiger partial charge in [-0.25, -0.2) is 9.97 Å². The lowest BCUT2D eigenvalue weighted by molar-refractivity contribution is -0.141. The van der Waals surface area contributed by atoms with Gasteiger partial charge in [-0.05, 0) is 19.0 Å². The standard InChI is InChI=1S/C14H19F3N4O2/c1-23-12(22)3-2-6-20-7-9-21(10-8-20)13-18-5-4-11(19-13)14(15,16)17/h4-5H,2-3,6-10H2,1H3. The van der Waals surface area contributed by atoms with E-state index >= 15 is 0 Å². The molecule has 2 rings (SSSR count). The lowest BCUT2D eigenvalue weighted by atomic mass is 10.2. The van der Waals surface area contributed by atoms with Crippen LogP contribution in [0.2, 0.25) is 0 Å². The molecule has 1 aliphatic heterocycles. The van der Waals surface area contributed by atoms with Gasteiger partial charge in [0.2, 0.25) is 5.95 Å². The number of anilines is 1. The van der Waals surface area contributed by atoms with Crippen LogP contribution >= 0.6 is 0 Å². The number of aromatic nitrogens is 2. The van der Waals surface area contributed by atoms with Gasteiger partial charge in [0.1, 0.15) is 5.69 Å². The highest BCUT2D eigenvalue weighted by molar-refractivity contribution is 5.69. The van der Waals surface area contributed by atoms with Crippen LogP contribution in [0.4, 0.5) is 19.1 Å². The molecule has 0 saturated carbocycles. The molecule has 0 spiro atoms. The Bertz CT molecular complexity index is 531. The summed E-state index contributed by atoms with van der Waals surface area (Å²) in [6, 6.07) is 0.868. The molecule has 0 radical (unpaired) electrons. The predicted octanol–water partition coefficient (Wildman–Crippen LogP) is 1.57. The number of nitrogens with zero attached hydrogens (tertiary/aromatic N) is 4. The lowest BCUT2D eigenvalue weighted by Crippen LogP contribution is -2.47. The number of carbonyl (C=O) groups excluding carboxylic acids is 1. The van der Waals surface area contributed by atoms with E-state index in [2.05, 4.69) is 19.6 Å². The van der Waals surface area contributed by atoms with Crippen LogP contribution in [0, 0.1) is 0 Å². The summed E-state index contributed by atoms with van der Waals surface area (Å²) in [5, 5.41) is 0. The van der Waals surface area contributed by atoms with Gasteiger partial charge in [-0.3, -0.25) is 9.69 Å². The molecule has 0 bridgehead atoms. The average Bonchev–Trinajstić information content (AvgIpc) is 2.54. The molecular weight excluding hydrogens is 313 g/mol. The first-order valence-corrected chi connectivity index (χ1v) is 7.34. The van der Waals surface area contributed by atoms with Crippen LogP contribution in [-0.2, 0) is 15.7 Å². The third kappa shape index (κ3) is 5.05. The molecule has 1 fully saturated rings. The second kappa shape index (κ2) is 7.58. The van der Waals surface area contributed by atoms with Gasteiger partial charge in [0.25, 0.3) is 0 Å². The zero-order valence-corrected chi connectivity index (χ0v) is 12.8. The molecular formula is C14H19F3N4O2. The first-order chi connectivity index (χ1) is 10.9. The number of hydrogen-bond donors (Lipinski definition) is 0. The number of piperazine rings is 1. The van der Waals surface area contributed by atoms with E-state index in [0.29, 0.717) is 39.0 Å². The van der Waals surface area contributed by atoms with Crippen molar-refractivity contribution in [2.24, 2.45) is 0 Å². The summed E-state index contributed by atoms with van der Waals surface area (Å²) >= 11 is 0. The molecule has 6 nitrogen and oxygen atoms in total. The smallest absolute Gasteiger partial charge is 0.433 e. The fourth-order valence-corrected chi connectivity index (χ4v) is 2.38. The number of hydrogen-bond acceptors (Lipinski definition) is 6. The average molecular weight is 332 g/mol. The monoisotopic (exact) mass is 332 g/mol. The number of carbonyl (C=O) groups is 1. The van der Waals surface area contributed by atoms with Crippen molar-refractivity contribution >= 4 is 11.9 Å². The summed E-state index contributed by atoms with van der Waals surface area (Å²) < 4.78 is 42.6. The molecule has 0 unspecified atom stereocenters. The quantitative estimate of drug-likeness (QED) is 0.763. The van der Waals surface area contributed by atoms with Crippen molar-refractivity contribution < 1.29 is 22.7 Å². The molecule has 0 aliphatic carbocycles. The fourth-order valence-electron chi connectivity index (χ4n) is 2.38. The molecule has 0 amide bonds. The van der Waals surface area contributed by atoms with Gasteiger partial charge >= 0.3 is 12.1 Å². The summed E-state index contributed by atoms with van der Waals surface area (Å²) in [5.74, 6) is -0.130. The van der Waals surface area contributed by atoms with E-state index in [4.69, 9.17) is 0 Å². The second-order valence-corrected chi connectivity index (χ2v) is 5.25. The van der Waals surface area contributed by atoms with Crippen LogP contribution in [0.15, 0.2) is 12.3 Å². The van der Waals surface area contributed by atoms with E-state index in [0.717, 1.165) is 18.8 Å². The third-order valence-electron chi connectivity index (χ3n) is 3.67. The maximum Gasteiger partial charge on any atom is 0.433 e. The number of rotatable bonds is 5. The van der Waals surface area contributed by atoms with E-state index < -0.39 is 11.9 Å². The van der Waals surface area contributed by atoms with E-state index in [1.54, 1.807) is 4.90 Å². The summed E-state index contributed by atoms with van der Waals surface area (Å²) in [4.78, 5) is 22.5. The second-order valence-electron chi connectivity index (χ2n) is 5.25. The highest BCUT2D eigenvalue weighted by Gasteiger charge is 2.33. The van der Waals surface area contributed by atoms with Crippen molar-refractivity contribution in [2.75, 3.05) is 44.7 Å². The molecule has 1 aliphatic rings. The van der Waals surface area contributed by atoms with E-state index in [1.807, 2.05) is 0 Å². The largest absolute Gasteiger partial charge is 0.469 e. The molecule has 23 heavy (non-hydrogen) atoms. The third-order valence-corrected chi connectivity index (χ3v) is 3.67. The minimum absolute atomic E-state index is 0.106. The Balaban J connectivity index is 1.84. The molecule has 128 valence electrons. The molecule has 0 aromatic carbocycles. The van der Waals surface area contributed by atoms with E-state index in [1.165, 1.54) is 7.11 Å². The number of methoxy groups -OCH3 is 1. The maximum atomic E-state index is 12.7. The van der Waals surface area contributed by atoms with Crippen molar-refractivity contribution in [1.29, 1.82) is 0 Å². The minimum Gasteiger partial charge on any atom is -0.469 e. The van der Waals surface area contributed by atoms with Crippen LogP contribution < -0.4 is 4.90 Å². The van der Waals surface area contributed by atoms with Crippen molar-refractivity contribution in [3.05, 3.63) is 18.0 Å². The van der Waals surface area contributed by atoms with Gasteiger partial charge in [0.15, 0.2) is 0 Å². The number of ether oxygens (including phenoxy) is 1. The molecule has 1 aromatic rings. The first-order valence-electron chi connectivity index (χ1n) is 7.34. The highest BCUT2D eigenvalue weighted by atomic mass is 19.4. The van der Waals surface area contributed by atoms with Gasteiger partial charge in [-0.1, -0.05) is 0 Å². The van der Waals surface area contributed by atoms with Gasteiger partial charge in [0.05, 0.1) is 7.11 Å². The van der Waals surface area contributed by atoms with Crippen molar-refractivity contribution in [3.8, 4) is 0 Å². The van der Waals surface area contributed by atoms with Crippen LogP contribution in [0.25, 0.3) is 0 Å². The molecule has 1 saturated heterocycles. The first kappa shape index (κ1) is 17.5. The summed E-state index contributed by atoms with van der Waals surface area (Å²) in [6.45, 7) is 3.26. The Morgan fingerprint density at radius 3 is 2.61 bits per heavy atom. The Morgan fingerprint density at radius 1 is 1.30 bits per heavy atom. The highest BCUT2D eigenvalue weighted by Crippen LogP contribution is 2.28. The van der Waals surface area contributed by atoms with Gasteiger partial charge in [0, 0.05) is 38.8 Å². The SMILES string of the molecule is COC(=O)CCCN1CCN(c2nccc(C(F)(F)F)n2)CC1. The molecule has 1 aromatic heterocycles. The Hall–Kier alpha value is -1.90. The van der Waals surface area contributed by atoms with Crippen LogP contribution in [0.3, 0.4) is 0 Å². The summed E-state index contributed by atoms with van der Waals surface area (Å²) in [7, 11) is 1.36. The summed E-state index contributed by atoms with van der Waals surface area (Å²) in [5.41, 5.74) is -0.928. The number of esters is 1. The molecule has 9 heteroatoms. The molecule has 2 heterocycles. The maximum absolute atomic E-state index is 12.7. The number of alkyl halides is 3. The van der Waals surface area contributed by atoms with Crippen LogP contribution in [0.1, 0.15) is 18.5 Å². The topological polar surface area (TPSA) is 58.6 Å². The summed E-state index contributed by atoms with van der Waals surface area (Å²) in [6.07, 6.45) is -2.26. The molecule has 0 atom stereocenters. The normalized spacial score (nSPS) is 16.4. The Labute approximate surface area is 132 Å². The Morgan fingerprint density at radius 2 is 2.00 bits per heavy atom. The van der Waals surface area contributed by atoms with Gasteiger partial charge in [-0.15, -0.1) is 0 Å². The molecule has 0 N–H and O–H groups in total. The van der Waals surface area contributed by atoms with Crippen molar-refractivity contribution in [1.82, 2.24) is 14.9 Å². The Kier molecular flexibility index (Phi) is 5.75. The van der Waals surface area contributed by atoms with Crippen LogP contribution in [-0.4, -0.2) is 60.7 Å². The van der Waals surface area contributed by atoms with Crippen LogP contribution in [0.5, 0.6) is 0 Å². The van der Waals surface area contributed by atoms with E-state index in [-0.39, 0.29) is 11.9 Å². The van der Waals surface area contributed by atoms with Crippen molar-refractivity contribution in [2.45, 2.75) is 19.0 Å². The minimum atomic E-state index is -4.46. The van der Waals surface area contributed by atoms with E-state index in [9.17, 15) is 18.0 Å². The van der Waals surface area contributed by atoms with Gasteiger partial charge in [-0.2, -0.15) is 13.2 Å². The lowest BCUT2D eigenvalue weighted by Gasteiger charge is -2.34.